The van der Waals surface area contributed by atoms with Crippen molar-refractivity contribution in [1.29, 1.82) is 0 Å². The van der Waals surface area contributed by atoms with Gasteiger partial charge in [-0.05, 0) is 38.8 Å². The zero-order chi connectivity index (χ0) is 13.5. The molecule has 18 heavy (non-hydrogen) atoms. The SMILES string of the molecule is CCCC(C)Oc1nc(Cl)nc(N(CC)CC)n1. The lowest BCUT2D eigenvalue weighted by Gasteiger charge is -2.19. The molecule has 5 nitrogen and oxygen atoms in total. The first-order chi connectivity index (χ1) is 8.60. The van der Waals surface area contributed by atoms with Crippen LogP contribution in [-0.4, -0.2) is 34.1 Å². The summed E-state index contributed by atoms with van der Waals surface area (Å²) in [6.45, 7) is 9.84. The number of halogens is 1. The van der Waals surface area contributed by atoms with Gasteiger partial charge in [0, 0.05) is 13.1 Å². The highest BCUT2D eigenvalue weighted by molar-refractivity contribution is 6.28. The number of rotatable bonds is 7. The minimum atomic E-state index is 0.0815. The fourth-order valence-corrected chi connectivity index (χ4v) is 1.82. The topological polar surface area (TPSA) is 51.1 Å². The molecular formula is C12H21ClN4O. The Kier molecular flexibility index (Phi) is 6.12. The van der Waals surface area contributed by atoms with Crippen LogP contribution >= 0.6 is 11.6 Å². The smallest absolute Gasteiger partial charge is 0.322 e. The van der Waals surface area contributed by atoms with Gasteiger partial charge in [-0.1, -0.05) is 13.3 Å². The van der Waals surface area contributed by atoms with Crippen molar-refractivity contribution in [3.63, 3.8) is 0 Å². The summed E-state index contributed by atoms with van der Waals surface area (Å²) in [7, 11) is 0. The molecule has 0 spiro atoms. The summed E-state index contributed by atoms with van der Waals surface area (Å²) < 4.78 is 5.64. The van der Waals surface area contributed by atoms with Crippen LogP contribution in [0, 0.1) is 0 Å². The molecule has 0 aromatic carbocycles. The standard InChI is InChI=1S/C12H21ClN4O/c1-5-8-9(4)18-12-15-10(13)14-11(16-12)17(6-2)7-3/h9H,5-8H2,1-4H3. The van der Waals surface area contributed by atoms with Crippen LogP contribution in [0.2, 0.25) is 5.28 Å². The van der Waals surface area contributed by atoms with Crippen molar-refractivity contribution in [3.05, 3.63) is 5.28 Å². The summed E-state index contributed by atoms with van der Waals surface area (Å²) in [5.41, 5.74) is 0. The highest BCUT2D eigenvalue weighted by Crippen LogP contribution is 2.16. The van der Waals surface area contributed by atoms with Gasteiger partial charge < -0.3 is 9.64 Å². The van der Waals surface area contributed by atoms with Crippen LogP contribution in [0.15, 0.2) is 0 Å². The number of ether oxygens (including phenoxy) is 1. The molecule has 1 aromatic rings. The molecule has 0 saturated heterocycles. The lowest BCUT2D eigenvalue weighted by molar-refractivity contribution is 0.192. The van der Waals surface area contributed by atoms with Gasteiger partial charge in [0.05, 0.1) is 6.10 Å². The van der Waals surface area contributed by atoms with Crippen LogP contribution in [0.4, 0.5) is 5.95 Å². The zero-order valence-corrected chi connectivity index (χ0v) is 12.2. The van der Waals surface area contributed by atoms with Gasteiger partial charge >= 0.3 is 6.01 Å². The van der Waals surface area contributed by atoms with Crippen LogP contribution in [0.1, 0.15) is 40.5 Å². The maximum atomic E-state index is 5.90. The number of nitrogens with zero attached hydrogens (tertiary/aromatic N) is 4. The fraction of sp³-hybridized carbons (Fsp3) is 0.750. The Morgan fingerprint density at radius 2 is 1.83 bits per heavy atom. The van der Waals surface area contributed by atoms with Crippen LogP contribution in [0.5, 0.6) is 6.01 Å². The molecule has 102 valence electrons. The van der Waals surface area contributed by atoms with E-state index in [1.807, 2.05) is 25.7 Å². The Labute approximate surface area is 114 Å². The predicted octanol–water partition coefficient (Wildman–Crippen LogP) is 2.94. The highest BCUT2D eigenvalue weighted by Gasteiger charge is 2.12. The van der Waals surface area contributed by atoms with Crippen LogP contribution in [0.25, 0.3) is 0 Å². The number of hydrogen-bond acceptors (Lipinski definition) is 5. The summed E-state index contributed by atoms with van der Waals surface area (Å²) in [6.07, 6.45) is 2.10. The lowest BCUT2D eigenvalue weighted by Crippen LogP contribution is -2.25. The summed E-state index contributed by atoms with van der Waals surface area (Å²) in [5.74, 6) is 0.568. The molecular weight excluding hydrogens is 252 g/mol. The van der Waals surface area contributed by atoms with Crippen molar-refractivity contribution in [2.24, 2.45) is 0 Å². The largest absolute Gasteiger partial charge is 0.460 e. The normalized spacial score (nSPS) is 12.3. The molecule has 0 aliphatic heterocycles. The van der Waals surface area contributed by atoms with Crippen molar-refractivity contribution in [1.82, 2.24) is 15.0 Å². The van der Waals surface area contributed by atoms with Gasteiger partial charge in [0.1, 0.15) is 0 Å². The minimum Gasteiger partial charge on any atom is -0.460 e. The highest BCUT2D eigenvalue weighted by atomic mass is 35.5. The van der Waals surface area contributed by atoms with Crippen LogP contribution < -0.4 is 9.64 Å². The number of aromatic nitrogens is 3. The molecule has 1 atom stereocenters. The summed E-state index contributed by atoms with van der Waals surface area (Å²) >= 11 is 5.90. The van der Waals surface area contributed by atoms with Crippen molar-refractivity contribution >= 4 is 17.5 Å². The van der Waals surface area contributed by atoms with E-state index in [1.54, 1.807) is 0 Å². The summed E-state index contributed by atoms with van der Waals surface area (Å²) in [6, 6.07) is 0.304. The molecule has 0 fully saturated rings. The Bertz CT molecular complexity index is 371. The molecule has 0 N–H and O–H groups in total. The monoisotopic (exact) mass is 272 g/mol. The first-order valence-electron chi connectivity index (χ1n) is 6.43. The van der Waals surface area contributed by atoms with E-state index in [0.29, 0.717) is 12.0 Å². The Morgan fingerprint density at radius 3 is 2.39 bits per heavy atom. The Hall–Kier alpha value is -1.10. The van der Waals surface area contributed by atoms with Gasteiger partial charge in [-0.15, -0.1) is 0 Å². The van der Waals surface area contributed by atoms with E-state index in [9.17, 15) is 0 Å². The van der Waals surface area contributed by atoms with Gasteiger partial charge in [0.25, 0.3) is 0 Å². The maximum Gasteiger partial charge on any atom is 0.322 e. The second kappa shape index (κ2) is 7.36. The third kappa shape index (κ3) is 4.29. The van der Waals surface area contributed by atoms with Gasteiger partial charge in [-0.25, -0.2) is 0 Å². The predicted molar refractivity (Wildman–Crippen MR) is 73.4 cm³/mol. The molecule has 0 saturated carbocycles. The third-order valence-electron chi connectivity index (χ3n) is 2.62. The number of anilines is 1. The van der Waals surface area contributed by atoms with E-state index in [1.165, 1.54) is 0 Å². The van der Waals surface area contributed by atoms with Crippen molar-refractivity contribution in [3.8, 4) is 6.01 Å². The molecule has 0 radical (unpaired) electrons. The minimum absolute atomic E-state index is 0.0815. The van der Waals surface area contributed by atoms with Crippen LogP contribution in [-0.2, 0) is 0 Å². The quantitative estimate of drug-likeness (QED) is 0.764. The second-order valence-electron chi connectivity index (χ2n) is 4.08. The Morgan fingerprint density at radius 1 is 1.17 bits per heavy atom. The zero-order valence-electron chi connectivity index (χ0n) is 11.5. The van der Waals surface area contributed by atoms with E-state index < -0.39 is 0 Å². The van der Waals surface area contributed by atoms with E-state index in [2.05, 4.69) is 21.9 Å². The first kappa shape index (κ1) is 15.0. The van der Waals surface area contributed by atoms with E-state index in [4.69, 9.17) is 16.3 Å². The molecule has 0 aliphatic carbocycles. The molecule has 1 heterocycles. The summed E-state index contributed by atoms with van der Waals surface area (Å²) in [4.78, 5) is 14.4. The van der Waals surface area contributed by atoms with Gasteiger partial charge in [-0.3, -0.25) is 0 Å². The summed E-state index contributed by atoms with van der Waals surface area (Å²) in [5, 5.41) is 0.172. The molecule has 0 aliphatic rings. The van der Waals surface area contributed by atoms with Crippen molar-refractivity contribution < 1.29 is 4.74 Å². The van der Waals surface area contributed by atoms with Gasteiger partial charge in [-0.2, -0.15) is 15.0 Å². The van der Waals surface area contributed by atoms with E-state index >= 15 is 0 Å². The second-order valence-corrected chi connectivity index (χ2v) is 4.41. The molecule has 1 aromatic heterocycles. The van der Waals surface area contributed by atoms with E-state index in [-0.39, 0.29) is 11.4 Å². The first-order valence-corrected chi connectivity index (χ1v) is 6.81. The average Bonchev–Trinajstić information content (AvgIpc) is 2.30. The van der Waals surface area contributed by atoms with Crippen molar-refractivity contribution in [2.45, 2.75) is 46.6 Å². The average molecular weight is 273 g/mol. The molecule has 0 amide bonds. The van der Waals surface area contributed by atoms with E-state index in [0.717, 1.165) is 25.9 Å². The maximum absolute atomic E-state index is 5.90. The third-order valence-corrected chi connectivity index (χ3v) is 2.79. The Balaban J connectivity index is 2.86. The van der Waals surface area contributed by atoms with Gasteiger partial charge in [0.15, 0.2) is 0 Å². The fourth-order valence-electron chi connectivity index (χ4n) is 1.67. The van der Waals surface area contributed by atoms with Crippen molar-refractivity contribution in [2.75, 3.05) is 18.0 Å². The lowest BCUT2D eigenvalue weighted by atomic mass is 10.2. The molecule has 1 rings (SSSR count). The number of hydrogen-bond donors (Lipinski definition) is 0. The van der Waals surface area contributed by atoms with Gasteiger partial charge in [0.2, 0.25) is 11.2 Å². The van der Waals surface area contributed by atoms with Crippen LogP contribution in [0.3, 0.4) is 0 Å². The molecule has 1 unspecified atom stereocenters. The molecule has 6 heteroatoms. The molecule has 0 bridgehead atoms.